The van der Waals surface area contributed by atoms with E-state index >= 15 is 0 Å². The smallest absolute Gasteiger partial charge is 0.255 e. The van der Waals surface area contributed by atoms with Gasteiger partial charge >= 0.3 is 0 Å². The van der Waals surface area contributed by atoms with Crippen LogP contribution in [0.5, 0.6) is 0 Å². The minimum absolute atomic E-state index is 0.130. The number of rotatable bonds is 11. The Balaban J connectivity index is 1.38. The molecule has 0 bridgehead atoms. The second kappa shape index (κ2) is 14.3. The van der Waals surface area contributed by atoms with Crippen LogP contribution in [0.2, 0.25) is 0 Å². The van der Waals surface area contributed by atoms with Gasteiger partial charge in [0.25, 0.3) is 5.91 Å². The van der Waals surface area contributed by atoms with Crippen molar-refractivity contribution in [2.24, 2.45) is 5.73 Å². The summed E-state index contributed by atoms with van der Waals surface area (Å²) in [5, 5.41) is 11.3. The molecule has 1 heterocycles. The standard InChI is InChI=1S/C32H36BrFN4O2S/c1-3-24-23(19-35)16-22-8-4-5-9-25(22)31(24)32(40)38(20-30(36)39)13-7-6-12-37-14-10-21(11-15-37)26-17-27(33)29(41-2)18-28(26)34/h4-5,8-9,16-18,21H,3,6-7,10-15,20H2,1-2H3,(H2,36,39). The summed E-state index contributed by atoms with van der Waals surface area (Å²) in [6.45, 7) is 4.81. The molecule has 1 saturated heterocycles. The lowest BCUT2D eigenvalue weighted by Gasteiger charge is -2.32. The summed E-state index contributed by atoms with van der Waals surface area (Å²) in [6.07, 6.45) is 5.84. The van der Waals surface area contributed by atoms with E-state index in [1.54, 1.807) is 6.07 Å². The van der Waals surface area contributed by atoms with Gasteiger partial charge in [-0.2, -0.15) is 5.26 Å². The first-order valence-electron chi connectivity index (χ1n) is 14.0. The van der Waals surface area contributed by atoms with Crippen LogP contribution in [0.3, 0.4) is 0 Å². The zero-order valence-electron chi connectivity index (χ0n) is 23.6. The van der Waals surface area contributed by atoms with E-state index in [1.807, 2.05) is 49.6 Å². The van der Waals surface area contributed by atoms with Crippen molar-refractivity contribution >= 4 is 50.3 Å². The van der Waals surface area contributed by atoms with Gasteiger partial charge in [0.1, 0.15) is 5.82 Å². The van der Waals surface area contributed by atoms with Crippen LogP contribution < -0.4 is 5.73 Å². The molecular weight excluding hydrogens is 603 g/mol. The van der Waals surface area contributed by atoms with Crippen LogP contribution in [-0.4, -0.2) is 60.6 Å². The lowest BCUT2D eigenvalue weighted by atomic mass is 9.89. The van der Waals surface area contributed by atoms with Crippen molar-refractivity contribution in [3.8, 4) is 6.07 Å². The number of piperidine rings is 1. The van der Waals surface area contributed by atoms with E-state index in [4.69, 9.17) is 5.73 Å². The minimum Gasteiger partial charge on any atom is -0.368 e. The highest BCUT2D eigenvalue weighted by atomic mass is 79.9. The lowest BCUT2D eigenvalue weighted by molar-refractivity contribution is -0.118. The van der Waals surface area contributed by atoms with Gasteiger partial charge < -0.3 is 15.5 Å². The molecule has 1 fully saturated rings. The number of likely N-dealkylation sites (tertiary alicyclic amines) is 1. The van der Waals surface area contributed by atoms with Gasteiger partial charge in [0.15, 0.2) is 0 Å². The van der Waals surface area contributed by atoms with Crippen molar-refractivity contribution in [1.29, 1.82) is 5.26 Å². The molecule has 0 radical (unpaired) electrons. The number of carbonyl (C=O) groups excluding carboxylic acids is 2. The summed E-state index contributed by atoms with van der Waals surface area (Å²) in [4.78, 5) is 30.6. The van der Waals surface area contributed by atoms with E-state index in [0.29, 0.717) is 36.1 Å². The zero-order chi connectivity index (χ0) is 29.5. The minimum atomic E-state index is -0.566. The van der Waals surface area contributed by atoms with E-state index in [0.717, 1.165) is 64.6 Å². The van der Waals surface area contributed by atoms with E-state index in [1.165, 1.54) is 16.7 Å². The number of hydrogen-bond donors (Lipinski definition) is 1. The van der Waals surface area contributed by atoms with E-state index in [9.17, 15) is 19.2 Å². The number of nitriles is 1. The normalized spacial score (nSPS) is 14.2. The number of benzene rings is 3. The van der Waals surface area contributed by atoms with E-state index in [-0.39, 0.29) is 24.2 Å². The van der Waals surface area contributed by atoms with Crippen molar-refractivity contribution in [3.63, 3.8) is 0 Å². The first-order valence-corrected chi connectivity index (χ1v) is 16.1. The number of thioether (sulfide) groups is 1. The van der Waals surface area contributed by atoms with Crippen molar-refractivity contribution < 1.29 is 14.0 Å². The van der Waals surface area contributed by atoms with Crippen molar-refractivity contribution in [1.82, 2.24) is 9.80 Å². The Morgan fingerprint density at radius 1 is 1.20 bits per heavy atom. The van der Waals surface area contributed by atoms with Gasteiger partial charge in [-0.15, -0.1) is 11.8 Å². The van der Waals surface area contributed by atoms with Crippen LogP contribution in [0.15, 0.2) is 51.8 Å². The third kappa shape index (κ3) is 7.29. The van der Waals surface area contributed by atoms with E-state index < -0.39 is 5.91 Å². The van der Waals surface area contributed by atoms with Gasteiger partial charge in [0.2, 0.25) is 5.91 Å². The number of hydrogen-bond acceptors (Lipinski definition) is 5. The van der Waals surface area contributed by atoms with Crippen molar-refractivity contribution in [2.45, 2.75) is 49.8 Å². The average molecular weight is 640 g/mol. The molecule has 2 amide bonds. The number of nitrogens with zero attached hydrogens (tertiary/aromatic N) is 3. The third-order valence-electron chi connectivity index (χ3n) is 7.93. The molecule has 0 spiro atoms. The summed E-state index contributed by atoms with van der Waals surface area (Å²) in [6, 6.07) is 15.1. The van der Waals surface area contributed by atoms with Crippen LogP contribution in [0.4, 0.5) is 4.39 Å². The average Bonchev–Trinajstić information content (AvgIpc) is 2.98. The highest BCUT2D eigenvalue weighted by Crippen LogP contribution is 2.36. The van der Waals surface area contributed by atoms with Gasteiger partial charge in [-0.05, 0) is 120 Å². The van der Waals surface area contributed by atoms with Crippen LogP contribution in [0, 0.1) is 17.1 Å². The van der Waals surface area contributed by atoms with E-state index in [2.05, 4.69) is 26.9 Å². The Morgan fingerprint density at radius 3 is 2.59 bits per heavy atom. The molecular formula is C32H36BrFN4O2S. The Bertz CT molecular complexity index is 1470. The van der Waals surface area contributed by atoms with Gasteiger partial charge in [0, 0.05) is 15.9 Å². The second-order valence-corrected chi connectivity index (χ2v) is 12.2. The molecule has 6 nitrogen and oxygen atoms in total. The summed E-state index contributed by atoms with van der Waals surface area (Å²) >= 11 is 5.10. The lowest BCUT2D eigenvalue weighted by Crippen LogP contribution is -2.40. The highest BCUT2D eigenvalue weighted by Gasteiger charge is 2.26. The fourth-order valence-electron chi connectivity index (χ4n) is 5.82. The largest absolute Gasteiger partial charge is 0.368 e. The fourth-order valence-corrected chi connectivity index (χ4v) is 7.14. The number of carbonyl (C=O) groups is 2. The zero-order valence-corrected chi connectivity index (χ0v) is 26.0. The molecule has 9 heteroatoms. The van der Waals surface area contributed by atoms with Crippen molar-refractivity contribution in [3.05, 3.63) is 75.0 Å². The number of amides is 2. The van der Waals surface area contributed by atoms with Crippen LogP contribution >= 0.6 is 27.7 Å². The summed E-state index contributed by atoms with van der Waals surface area (Å²) in [5.41, 5.74) is 7.98. The second-order valence-electron chi connectivity index (χ2n) is 10.5. The fraction of sp³-hybridized carbons (Fsp3) is 0.406. The van der Waals surface area contributed by atoms with Crippen LogP contribution in [-0.2, 0) is 11.2 Å². The maximum Gasteiger partial charge on any atom is 0.255 e. The monoisotopic (exact) mass is 638 g/mol. The van der Waals surface area contributed by atoms with Gasteiger partial charge in [-0.3, -0.25) is 9.59 Å². The van der Waals surface area contributed by atoms with Gasteiger partial charge in [-0.25, -0.2) is 4.39 Å². The number of primary amides is 1. The molecule has 4 rings (SSSR count). The van der Waals surface area contributed by atoms with Crippen LogP contribution in [0.25, 0.3) is 10.8 Å². The molecule has 1 aliphatic heterocycles. The molecule has 2 N–H and O–H groups in total. The molecule has 3 aromatic carbocycles. The summed E-state index contributed by atoms with van der Waals surface area (Å²) < 4.78 is 15.7. The first-order chi connectivity index (χ1) is 19.8. The highest BCUT2D eigenvalue weighted by molar-refractivity contribution is 9.10. The molecule has 0 aliphatic carbocycles. The summed E-state index contributed by atoms with van der Waals surface area (Å²) in [7, 11) is 0. The maximum atomic E-state index is 14.7. The molecule has 0 atom stereocenters. The predicted molar refractivity (Wildman–Crippen MR) is 167 cm³/mol. The molecule has 0 aromatic heterocycles. The Kier molecular flexibility index (Phi) is 10.8. The molecule has 1 aliphatic rings. The van der Waals surface area contributed by atoms with Crippen molar-refractivity contribution in [2.75, 3.05) is 39.0 Å². The molecule has 216 valence electrons. The molecule has 3 aromatic rings. The van der Waals surface area contributed by atoms with Gasteiger partial charge in [0.05, 0.1) is 23.7 Å². The topological polar surface area (TPSA) is 90.4 Å². The number of halogens is 2. The molecule has 0 unspecified atom stereocenters. The Morgan fingerprint density at radius 2 is 1.93 bits per heavy atom. The summed E-state index contributed by atoms with van der Waals surface area (Å²) in [5.74, 6) is -0.762. The third-order valence-corrected chi connectivity index (χ3v) is 9.63. The predicted octanol–water partition coefficient (Wildman–Crippen LogP) is 6.48. The van der Waals surface area contributed by atoms with Crippen LogP contribution in [0.1, 0.15) is 65.6 Å². The number of fused-ring (bicyclic) bond motifs is 1. The maximum absolute atomic E-state index is 14.7. The number of nitrogens with two attached hydrogens (primary N) is 1. The molecule has 0 saturated carbocycles. The number of unbranched alkanes of at least 4 members (excludes halogenated alkanes) is 1. The van der Waals surface area contributed by atoms with Gasteiger partial charge in [-0.1, -0.05) is 31.2 Å². The quantitative estimate of drug-likeness (QED) is 0.192. The SMILES string of the molecule is CCc1c(C#N)cc2ccccc2c1C(=O)N(CCCCN1CCC(c2cc(Br)c(SC)cc2F)CC1)CC(N)=O. The Labute approximate surface area is 254 Å². The first kappa shape index (κ1) is 31.0. The Hall–Kier alpha value is -2.93. The molecule has 41 heavy (non-hydrogen) atoms.